The van der Waals surface area contributed by atoms with Crippen molar-refractivity contribution < 1.29 is 18.9 Å². The fraction of sp³-hybridized carbons (Fsp3) is 0.294. The molecule has 4 aliphatic rings. The Morgan fingerprint density at radius 2 is 1.27 bits per heavy atom. The number of rotatable bonds is 8. The first-order valence-corrected chi connectivity index (χ1v) is 25.4. The van der Waals surface area contributed by atoms with Gasteiger partial charge in [0.15, 0.2) is 5.60 Å². The van der Waals surface area contributed by atoms with E-state index in [1.165, 1.54) is 78.8 Å². The van der Waals surface area contributed by atoms with Gasteiger partial charge in [0, 0.05) is 77.7 Å². The van der Waals surface area contributed by atoms with Crippen LogP contribution >= 0.6 is 72.9 Å². The van der Waals surface area contributed by atoms with Crippen LogP contribution in [0, 0.1) is 7.14 Å². The predicted octanol–water partition coefficient (Wildman–Crippen LogP) is 10.3. The monoisotopic (exact) mass is 1100 g/mol. The molecular formula is C51H51I2N2O4P3. The van der Waals surface area contributed by atoms with E-state index in [1.807, 2.05) is 12.1 Å². The Balaban J connectivity index is 1.22. The molecule has 1 aliphatic carbocycles. The third-order valence-corrected chi connectivity index (χ3v) is 20.0. The molecule has 0 N–H and O–H groups in total. The molecule has 3 aliphatic heterocycles. The van der Waals surface area contributed by atoms with Gasteiger partial charge in [0.05, 0.1) is 33.5 Å². The van der Waals surface area contributed by atoms with E-state index in [-0.39, 0.29) is 5.41 Å². The van der Waals surface area contributed by atoms with Crippen LogP contribution in [0.15, 0.2) is 91.0 Å². The van der Waals surface area contributed by atoms with Gasteiger partial charge < -0.3 is 28.7 Å². The van der Waals surface area contributed by atoms with Crippen LogP contribution in [-0.2, 0) is 20.5 Å². The van der Waals surface area contributed by atoms with E-state index in [1.54, 1.807) is 7.11 Å². The van der Waals surface area contributed by atoms with E-state index >= 15 is 0 Å². The Hall–Kier alpha value is -2.81. The lowest BCUT2D eigenvalue weighted by Gasteiger charge is -2.40. The lowest BCUT2D eigenvalue weighted by atomic mass is 9.70. The van der Waals surface area contributed by atoms with Crippen LogP contribution in [0.1, 0.15) is 54.5 Å². The van der Waals surface area contributed by atoms with E-state index in [0.29, 0.717) is 0 Å². The maximum absolute atomic E-state index is 7.86. The van der Waals surface area contributed by atoms with Gasteiger partial charge in [0.25, 0.3) is 0 Å². The third kappa shape index (κ3) is 6.86. The molecule has 4 unspecified atom stereocenters. The van der Waals surface area contributed by atoms with Crippen LogP contribution in [0.5, 0.6) is 11.5 Å². The lowest BCUT2D eigenvalue weighted by Crippen LogP contribution is -2.37. The van der Waals surface area contributed by atoms with Crippen LogP contribution in [0.25, 0.3) is 39.1 Å². The quantitative estimate of drug-likeness (QED) is 0.112. The molecule has 0 spiro atoms. The summed E-state index contributed by atoms with van der Waals surface area (Å²) in [7, 11) is 10.8. The van der Waals surface area contributed by atoms with Gasteiger partial charge in [0.2, 0.25) is 0 Å². The summed E-state index contributed by atoms with van der Waals surface area (Å²) in [4.78, 5) is 4.86. The van der Waals surface area contributed by atoms with Crippen molar-refractivity contribution in [2.45, 2.75) is 37.7 Å². The number of benzene rings is 6. The van der Waals surface area contributed by atoms with Gasteiger partial charge in [-0.25, -0.2) is 0 Å². The first-order chi connectivity index (χ1) is 30.1. The average molecular weight is 1100 g/mol. The Bertz CT molecular complexity index is 2730. The summed E-state index contributed by atoms with van der Waals surface area (Å²) in [5.41, 5.74) is 12.5. The normalized spacial score (nSPS) is 19.0. The molecule has 2 fully saturated rings. The number of hydrogen-bond donors (Lipinski definition) is 0. The minimum Gasteiger partial charge on any atom is -0.497 e. The summed E-state index contributed by atoms with van der Waals surface area (Å²) in [6, 6.07) is 31.8. The molecule has 4 atom stereocenters. The van der Waals surface area contributed by atoms with Gasteiger partial charge in [0.1, 0.15) is 11.5 Å². The van der Waals surface area contributed by atoms with Crippen molar-refractivity contribution in [3.63, 3.8) is 0 Å². The zero-order valence-corrected chi connectivity index (χ0v) is 43.1. The summed E-state index contributed by atoms with van der Waals surface area (Å²) in [5.74, 6) is 1.75. The summed E-state index contributed by atoms with van der Waals surface area (Å²) in [5, 5.41) is 6.06. The summed E-state index contributed by atoms with van der Waals surface area (Å²) < 4.78 is 27.6. The first-order valence-electron chi connectivity index (χ1n) is 21.5. The number of hydrogen-bond acceptors (Lipinski definition) is 6. The van der Waals surface area contributed by atoms with E-state index in [9.17, 15) is 0 Å². The molecular weight excluding hydrogens is 1050 g/mol. The number of ether oxygens (including phenoxy) is 4. The van der Waals surface area contributed by atoms with E-state index in [4.69, 9.17) is 18.9 Å². The van der Waals surface area contributed by atoms with Crippen molar-refractivity contribution in [3.8, 4) is 33.8 Å². The Labute approximate surface area is 399 Å². The highest BCUT2D eigenvalue weighted by molar-refractivity contribution is 14.1. The fourth-order valence-corrected chi connectivity index (χ4v) is 14.2. The van der Waals surface area contributed by atoms with Crippen molar-refractivity contribution in [2.24, 2.45) is 0 Å². The average Bonchev–Trinajstić information content (AvgIpc) is 3.63. The summed E-state index contributed by atoms with van der Waals surface area (Å²) in [6.07, 6.45) is 6.63. The fourth-order valence-electron chi connectivity index (χ4n) is 10.4. The predicted molar refractivity (Wildman–Crippen MR) is 286 cm³/mol. The summed E-state index contributed by atoms with van der Waals surface area (Å²) in [6.45, 7) is 11.2. The standard InChI is InChI=1S/C51H51I2N2O4P3/c1-4-50(5-2)40-28-30(41-44(52)48(61)45(53)49(62)47(41)60)6-16-37(40)42-36-17-13-34(55-22-26-58-27-23-55)29-39(36)46-38(43(42)50)18-19-51(59-46,32-9-14-35(56-3)15-10-32)31-7-11-33(12-8-31)54-20-24-57-25-21-54/h6-19,28-29H,4-5,20-27,60-62H2,1-3H3. The number of halogens is 2. The van der Waals surface area contributed by atoms with E-state index in [2.05, 4.69) is 181 Å². The maximum Gasteiger partial charge on any atom is 0.178 e. The molecule has 6 aromatic carbocycles. The molecule has 62 heavy (non-hydrogen) atoms. The van der Waals surface area contributed by atoms with Gasteiger partial charge in [-0.1, -0.05) is 62.4 Å². The number of morpholine rings is 2. The highest BCUT2D eigenvalue weighted by atomic mass is 127. The topological polar surface area (TPSA) is 43.4 Å². The highest BCUT2D eigenvalue weighted by Gasteiger charge is 2.47. The zero-order chi connectivity index (χ0) is 42.9. The Morgan fingerprint density at radius 1 is 0.661 bits per heavy atom. The molecule has 2 saturated heterocycles. The molecule has 11 heteroatoms. The minimum absolute atomic E-state index is 0.237. The number of anilines is 2. The molecule has 6 aromatic rings. The van der Waals surface area contributed by atoms with Crippen LogP contribution in [0.2, 0.25) is 0 Å². The van der Waals surface area contributed by atoms with E-state index < -0.39 is 5.60 Å². The van der Waals surface area contributed by atoms with Crippen molar-refractivity contribution in [2.75, 3.05) is 69.5 Å². The summed E-state index contributed by atoms with van der Waals surface area (Å²) >= 11 is 5.01. The van der Waals surface area contributed by atoms with Crippen molar-refractivity contribution >= 4 is 117 Å². The Morgan fingerprint density at radius 3 is 1.90 bits per heavy atom. The molecule has 6 nitrogen and oxygen atoms in total. The molecule has 0 aromatic heterocycles. The van der Waals surface area contributed by atoms with Gasteiger partial charge in [-0.2, -0.15) is 0 Å². The van der Waals surface area contributed by atoms with Crippen LogP contribution in [-0.4, -0.2) is 59.7 Å². The van der Waals surface area contributed by atoms with Crippen molar-refractivity contribution in [3.05, 3.63) is 126 Å². The number of nitrogens with zero attached hydrogens (tertiary/aromatic N) is 2. The van der Waals surface area contributed by atoms with Gasteiger partial charge in [-0.3, -0.25) is 0 Å². The molecule has 3 heterocycles. The molecule has 0 radical (unpaired) electrons. The highest BCUT2D eigenvalue weighted by Crippen LogP contribution is 2.61. The van der Waals surface area contributed by atoms with Crippen LogP contribution in [0.4, 0.5) is 11.4 Å². The third-order valence-electron chi connectivity index (χ3n) is 13.9. The van der Waals surface area contributed by atoms with Crippen molar-refractivity contribution in [1.29, 1.82) is 0 Å². The van der Waals surface area contributed by atoms with Gasteiger partial charge in [-0.15, -0.1) is 27.7 Å². The second-order valence-corrected chi connectivity index (χ2v) is 20.6. The largest absolute Gasteiger partial charge is 0.497 e. The zero-order valence-electron chi connectivity index (χ0n) is 35.3. The molecule has 10 rings (SSSR count). The minimum atomic E-state index is -0.902. The first kappa shape index (κ1) is 43.1. The second kappa shape index (κ2) is 17.2. The van der Waals surface area contributed by atoms with Gasteiger partial charge in [-0.05, 0) is 156 Å². The van der Waals surface area contributed by atoms with Crippen LogP contribution < -0.4 is 35.2 Å². The smallest absolute Gasteiger partial charge is 0.178 e. The number of methoxy groups -OCH3 is 1. The molecule has 0 saturated carbocycles. The second-order valence-electron chi connectivity index (χ2n) is 16.7. The lowest BCUT2D eigenvalue weighted by molar-refractivity contribution is 0.122. The maximum atomic E-state index is 7.86. The Kier molecular flexibility index (Phi) is 12.0. The van der Waals surface area contributed by atoms with E-state index in [0.717, 1.165) is 93.5 Å². The number of fused-ring (bicyclic) bond motifs is 8. The van der Waals surface area contributed by atoms with Crippen LogP contribution in [0.3, 0.4) is 0 Å². The molecule has 0 bridgehead atoms. The SMILES string of the molecule is CCC1(CC)c2cc(-c3c(P)c(P)c(I)c(P)c3I)ccc2-c2c1c1c(c3cc(N4CCOCC4)ccc23)OC(c2ccc(OC)cc2)(c2ccc(N3CCOCC3)cc2)C=C1. The van der Waals surface area contributed by atoms with Gasteiger partial charge >= 0.3 is 0 Å². The molecule has 318 valence electrons. The van der Waals surface area contributed by atoms with Crippen molar-refractivity contribution in [1.82, 2.24) is 0 Å². The molecule has 0 amide bonds.